The Labute approximate surface area is 112 Å². The first-order valence-corrected chi connectivity index (χ1v) is 6.60. The number of nitrogens with one attached hydrogen (secondary N) is 1. The third-order valence-electron chi connectivity index (χ3n) is 3.94. The van der Waals surface area contributed by atoms with Crippen molar-refractivity contribution in [2.75, 3.05) is 6.54 Å². The lowest BCUT2D eigenvalue weighted by Crippen LogP contribution is -2.66. The van der Waals surface area contributed by atoms with Crippen molar-refractivity contribution < 1.29 is 9.59 Å². The highest BCUT2D eigenvalue weighted by molar-refractivity contribution is 5.98. The van der Waals surface area contributed by atoms with Gasteiger partial charge < -0.3 is 10.2 Å². The van der Waals surface area contributed by atoms with Crippen LogP contribution in [0.25, 0.3) is 0 Å². The van der Waals surface area contributed by atoms with Crippen LogP contribution in [0.15, 0.2) is 24.4 Å². The van der Waals surface area contributed by atoms with Gasteiger partial charge in [-0.3, -0.25) is 14.6 Å². The van der Waals surface area contributed by atoms with Crippen molar-refractivity contribution in [3.63, 3.8) is 0 Å². The second kappa shape index (κ2) is 4.33. The molecule has 1 aromatic rings. The Bertz CT molecular complexity index is 513. The zero-order valence-electron chi connectivity index (χ0n) is 10.9. The van der Waals surface area contributed by atoms with Crippen molar-refractivity contribution in [2.24, 2.45) is 5.92 Å². The van der Waals surface area contributed by atoms with Crippen molar-refractivity contribution in [3.05, 3.63) is 30.1 Å². The molecule has 1 N–H and O–H groups in total. The summed E-state index contributed by atoms with van der Waals surface area (Å²) in [6.45, 7) is 2.36. The van der Waals surface area contributed by atoms with Crippen LogP contribution < -0.4 is 5.32 Å². The summed E-state index contributed by atoms with van der Waals surface area (Å²) in [6, 6.07) is 5.59. The Balaban J connectivity index is 1.81. The normalized spacial score (nSPS) is 27.3. The molecule has 2 fully saturated rings. The third kappa shape index (κ3) is 2.20. The predicted octanol–water partition coefficient (Wildman–Crippen LogP) is 0.709. The number of nitrogens with zero attached hydrogens (tertiary/aromatic N) is 2. The van der Waals surface area contributed by atoms with Gasteiger partial charge in [0.05, 0.1) is 12.2 Å². The van der Waals surface area contributed by atoms with Gasteiger partial charge in [-0.2, -0.15) is 0 Å². The van der Waals surface area contributed by atoms with Crippen LogP contribution in [0.5, 0.6) is 0 Å². The summed E-state index contributed by atoms with van der Waals surface area (Å²) >= 11 is 0. The average Bonchev–Trinajstić information content (AvgIpc) is 3.21. The first-order chi connectivity index (χ1) is 9.09. The number of hydrogen-bond acceptors (Lipinski definition) is 3. The Hall–Kier alpha value is -1.91. The molecule has 1 aromatic heterocycles. The molecule has 5 nitrogen and oxygen atoms in total. The molecule has 1 unspecified atom stereocenters. The quantitative estimate of drug-likeness (QED) is 0.869. The highest BCUT2D eigenvalue weighted by Gasteiger charge is 2.52. The summed E-state index contributed by atoms with van der Waals surface area (Å²) in [5.41, 5.74) is 0.0908. The van der Waals surface area contributed by atoms with Crippen LogP contribution in [0.1, 0.15) is 25.5 Å². The van der Waals surface area contributed by atoms with E-state index in [-0.39, 0.29) is 24.3 Å². The Morgan fingerprint density at radius 3 is 2.84 bits per heavy atom. The van der Waals surface area contributed by atoms with Crippen LogP contribution >= 0.6 is 0 Å². The van der Waals surface area contributed by atoms with Gasteiger partial charge in [-0.1, -0.05) is 6.07 Å². The number of piperazine rings is 1. The zero-order chi connectivity index (χ0) is 13.5. The topological polar surface area (TPSA) is 62.3 Å². The molecular weight excluding hydrogens is 242 g/mol. The Kier molecular flexibility index (Phi) is 2.77. The molecule has 1 saturated heterocycles. The second-order valence-electron chi connectivity index (χ2n) is 5.51. The second-order valence-corrected chi connectivity index (χ2v) is 5.51. The SMILES string of the molecule is CC1(C2CC2)NC(=O)CN(Cc2ccccn2)C1=O. The van der Waals surface area contributed by atoms with E-state index < -0.39 is 5.54 Å². The van der Waals surface area contributed by atoms with E-state index in [4.69, 9.17) is 0 Å². The van der Waals surface area contributed by atoms with Crippen LogP contribution in [0.4, 0.5) is 0 Å². The van der Waals surface area contributed by atoms with E-state index in [0.717, 1.165) is 18.5 Å². The Morgan fingerprint density at radius 2 is 2.21 bits per heavy atom. The number of amides is 2. The molecule has 0 bridgehead atoms. The van der Waals surface area contributed by atoms with E-state index in [2.05, 4.69) is 10.3 Å². The molecule has 0 spiro atoms. The molecule has 2 aliphatic rings. The van der Waals surface area contributed by atoms with Crippen LogP contribution in [-0.4, -0.2) is 33.8 Å². The monoisotopic (exact) mass is 259 g/mol. The van der Waals surface area contributed by atoms with Gasteiger partial charge in [0.25, 0.3) is 0 Å². The largest absolute Gasteiger partial charge is 0.340 e. The molecule has 2 amide bonds. The molecule has 1 aliphatic heterocycles. The van der Waals surface area contributed by atoms with Crippen molar-refractivity contribution >= 4 is 11.8 Å². The molecule has 19 heavy (non-hydrogen) atoms. The van der Waals surface area contributed by atoms with E-state index in [1.165, 1.54) is 0 Å². The van der Waals surface area contributed by atoms with Crippen molar-refractivity contribution in [1.82, 2.24) is 15.2 Å². The van der Waals surface area contributed by atoms with Gasteiger partial charge in [0.2, 0.25) is 11.8 Å². The standard InChI is InChI=1S/C14H17N3O2/c1-14(10-5-6-10)13(19)17(9-12(18)16-14)8-11-4-2-3-7-15-11/h2-4,7,10H,5-6,8-9H2,1H3,(H,16,18). The number of carbonyl (C=O) groups excluding carboxylic acids is 2. The van der Waals surface area contributed by atoms with Gasteiger partial charge in [-0.05, 0) is 37.8 Å². The van der Waals surface area contributed by atoms with Gasteiger partial charge in [0, 0.05) is 6.20 Å². The van der Waals surface area contributed by atoms with Crippen LogP contribution in [0.2, 0.25) is 0 Å². The lowest BCUT2D eigenvalue weighted by molar-refractivity contribution is -0.150. The Morgan fingerprint density at radius 1 is 1.42 bits per heavy atom. The van der Waals surface area contributed by atoms with Crippen LogP contribution in [-0.2, 0) is 16.1 Å². The number of aromatic nitrogens is 1. The lowest BCUT2D eigenvalue weighted by Gasteiger charge is -2.40. The minimum atomic E-state index is -0.718. The maximum Gasteiger partial charge on any atom is 0.249 e. The van der Waals surface area contributed by atoms with Crippen LogP contribution in [0, 0.1) is 5.92 Å². The van der Waals surface area contributed by atoms with Crippen molar-refractivity contribution in [1.29, 1.82) is 0 Å². The summed E-state index contributed by atoms with van der Waals surface area (Å²) in [5, 5.41) is 2.87. The maximum absolute atomic E-state index is 12.6. The number of hydrogen-bond donors (Lipinski definition) is 1. The molecular formula is C14H17N3O2. The molecule has 0 radical (unpaired) electrons. The van der Waals surface area contributed by atoms with Gasteiger partial charge >= 0.3 is 0 Å². The molecule has 3 rings (SSSR count). The summed E-state index contributed by atoms with van der Waals surface area (Å²) < 4.78 is 0. The molecule has 1 saturated carbocycles. The fourth-order valence-electron chi connectivity index (χ4n) is 2.71. The van der Waals surface area contributed by atoms with E-state index in [1.807, 2.05) is 25.1 Å². The molecule has 2 heterocycles. The molecule has 0 aromatic carbocycles. The summed E-state index contributed by atoms with van der Waals surface area (Å²) in [6.07, 6.45) is 3.73. The molecule has 1 aliphatic carbocycles. The van der Waals surface area contributed by atoms with Gasteiger partial charge in [0.15, 0.2) is 0 Å². The minimum absolute atomic E-state index is 0.0141. The fourth-order valence-corrected chi connectivity index (χ4v) is 2.71. The number of carbonyl (C=O) groups is 2. The molecule has 1 atom stereocenters. The van der Waals surface area contributed by atoms with Gasteiger partial charge in [-0.25, -0.2) is 0 Å². The predicted molar refractivity (Wildman–Crippen MR) is 68.9 cm³/mol. The van der Waals surface area contributed by atoms with E-state index in [9.17, 15) is 9.59 Å². The van der Waals surface area contributed by atoms with Crippen molar-refractivity contribution in [3.8, 4) is 0 Å². The molecule has 5 heteroatoms. The average molecular weight is 259 g/mol. The van der Waals surface area contributed by atoms with E-state index >= 15 is 0 Å². The van der Waals surface area contributed by atoms with Gasteiger partial charge in [-0.15, -0.1) is 0 Å². The van der Waals surface area contributed by atoms with Crippen molar-refractivity contribution in [2.45, 2.75) is 31.8 Å². The highest BCUT2D eigenvalue weighted by atomic mass is 16.2. The highest BCUT2D eigenvalue weighted by Crippen LogP contribution is 2.41. The van der Waals surface area contributed by atoms with Gasteiger partial charge in [0.1, 0.15) is 12.1 Å². The van der Waals surface area contributed by atoms with E-state index in [1.54, 1.807) is 11.1 Å². The summed E-state index contributed by atoms with van der Waals surface area (Å²) in [5.74, 6) is 0.223. The minimum Gasteiger partial charge on any atom is -0.340 e. The molecule has 100 valence electrons. The first-order valence-electron chi connectivity index (χ1n) is 6.60. The zero-order valence-corrected chi connectivity index (χ0v) is 10.9. The number of rotatable bonds is 3. The van der Waals surface area contributed by atoms with E-state index in [0.29, 0.717) is 6.54 Å². The number of pyridine rings is 1. The lowest BCUT2D eigenvalue weighted by atomic mass is 9.91. The maximum atomic E-state index is 12.6. The first kappa shape index (κ1) is 12.1. The summed E-state index contributed by atoms with van der Waals surface area (Å²) in [4.78, 5) is 30.2. The summed E-state index contributed by atoms with van der Waals surface area (Å²) in [7, 11) is 0. The van der Waals surface area contributed by atoms with Crippen LogP contribution in [0.3, 0.4) is 0 Å². The smallest absolute Gasteiger partial charge is 0.249 e. The third-order valence-corrected chi connectivity index (χ3v) is 3.94. The fraction of sp³-hybridized carbons (Fsp3) is 0.500.